The number of aromatic nitrogens is 1. The Hall–Kier alpha value is -4.64. The molecule has 0 atom stereocenters. The fourth-order valence-electron chi connectivity index (χ4n) is 3.48. The van der Waals surface area contributed by atoms with Crippen LogP contribution in [0.25, 0.3) is 6.08 Å². The summed E-state index contributed by atoms with van der Waals surface area (Å²) < 4.78 is 24.2. The predicted molar refractivity (Wildman–Crippen MR) is 137 cm³/mol. The van der Waals surface area contributed by atoms with Gasteiger partial charge in [-0.15, -0.1) is 0 Å². The van der Waals surface area contributed by atoms with Crippen LogP contribution in [0.5, 0.6) is 11.5 Å². The van der Waals surface area contributed by atoms with Crippen molar-refractivity contribution >= 4 is 45.8 Å². The molecule has 3 aromatic rings. The van der Waals surface area contributed by atoms with E-state index < -0.39 is 17.7 Å². The SMILES string of the molecule is CCOc1cc(/C=C2/C(=N)N3N=C(c4cccnc4)SC3=NC2=O)ccc1OC(=O)c1ccc(F)cc1. The standard InChI is InChI=1S/C26H18FN5O4S/c1-2-35-21-13-15(5-10-20(21)36-25(34)16-6-8-18(27)9-7-16)12-19-22(28)32-26(30-23(19)33)37-24(31-32)17-4-3-11-29-14-17/h3-14,28H,2H2,1H3/b19-12-,28-22?. The normalized spacial score (nSPS) is 15.8. The number of pyridine rings is 1. The minimum absolute atomic E-state index is 0.0408. The summed E-state index contributed by atoms with van der Waals surface area (Å²) in [7, 11) is 0. The Kier molecular flexibility index (Phi) is 6.60. The number of thioether (sulfide) groups is 1. The van der Waals surface area contributed by atoms with Gasteiger partial charge in [-0.1, -0.05) is 6.07 Å². The summed E-state index contributed by atoms with van der Waals surface area (Å²) in [5, 5.41) is 15.2. The zero-order chi connectivity index (χ0) is 25.9. The van der Waals surface area contributed by atoms with Crippen molar-refractivity contribution in [2.75, 3.05) is 6.61 Å². The Labute approximate surface area is 214 Å². The number of amidine groups is 2. The summed E-state index contributed by atoms with van der Waals surface area (Å²) >= 11 is 1.19. The molecule has 0 fully saturated rings. The quantitative estimate of drug-likeness (QED) is 0.292. The molecule has 0 bridgehead atoms. The molecule has 0 aliphatic carbocycles. The van der Waals surface area contributed by atoms with Crippen LogP contribution in [0, 0.1) is 11.2 Å². The maximum Gasteiger partial charge on any atom is 0.343 e. The van der Waals surface area contributed by atoms with Crippen LogP contribution in [0.3, 0.4) is 0 Å². The summed E-state index contributed by atoms with van der Waals surface area (Å²) in [6.07, 6.45) is 4.79. The molecule has 11 heteroatoms. The second-order valence-electron chi connectivity index (χ2n) is 7.70. The van der Waals surface area contributed by atoms with Gasteiger partial charge in [-0.05, 0) is 78.9 Å². The number of hydrazone groups is 1. The Balaban J connectivity index is 1.41. The van der Waals surface area contributed by atoms with Crippen molar-refractivity contribution in [3.8, 4) is 11.5 Å². The molecule has 5 rings (SSSR count). The van der Waals surface area contributed by atoms with E-state index in [0.29, 0.717) is 22.4 Å². The zero-order valence-electron chi connectivity index (χ0n) is 19.3. The zero-order valence-corrected chi connectivity index (χ0v) is 20.2. The molecule has 1 aromatic heterocycles. The minimum atomic E-state index is -0.674. The average molecular weight is 516 g/mol. The molecule has 0 unspecified atom stereocenters. The van der Waals surface area contributed by atoms with Crippen LogP contribution in [-0.4, -0.2) is 44.5 Å². The number of hydrogen-bond acceptors (Lipinski definition) is 8. The molecule has 0 saturated heterocycles. The van der Waals surface area contributed by atoms with Gasteiger partial charge in [0.1, 0.15) is 10.9 Å². The van der Waals surface area contributed by atoms with Gasteiger partial charge < -0.3 is 9.47 Å². The summed E-state index contributed by atoms with van der Waals surface area (Å²) in [4.78, 5) is 33.4. The van der Waals surface area contributed by atoms with Crippen molar-refractivity contribution in [1.29, 1.82) is 5.41 Å². The van der Waals surface area contributed by atoms with Crippen molar-refractivity contribution in [3.05, 3.63) is 95.1 Å². The van der Waals surface area contributed by atoms with E-state index in [2.05, 4.69) is 15.1 Å². The highest BCUT2D eigenvalue weighted by atomic mass is 32.2. The van der Waals surface area contributed by atoms with Gasteiger partial charge in [0.25, 0.3) is 5.91 Å². The van der Waals surface area contributed by atoms with Crippen molar-refractivity contribution in [2.45, 2.75) is 6.92 Å². The topological polar surface area (TPSA) is 117 Å². The third-order valence-electron chi connectivity index (χ3n) is 5.22. The molecule has 2 aliphatic rings. The van der Waals surface area contributed by atoms with Crippen molar-refractivity contribution in [1.82, 2.24) is 9.99 Å². The summed E-state index contributed by atoms with van der Waals surface area (Å²) in [6.45, 7) is 2.07. The second-order valence-corrected chi connectivity index (χ2v) is 8.66. The maximum absolute atomic E-state index is 13.2. The molecule has 0 spiro atoms. The molecule has 1 amide bonds. The first-order chi connectivity index (χ1) is 17.9. The van der Waals surface area contributed by atoms with Crippen molar-refractivity contribution in [2.24, 2.45) is 10.1 Å². The Bertz CT molecular complexity index is 1500. The van der Waals surface area contributed by atoms with E-state index in [-0.39, 0.29) is 28.5 Å². The molecule has 9 nitrogen and oxygen atoms in total. The monoisotopic (exact) mass is 515 g/mol. The van der Waals surface area contributed by atoms with Crippen LogP contribution in [0.2, 0.25) is 0 Å². The largest absolute Gasteiger partial charge is 0.490 e. The van der Waals surface area contributed by atoms with Crippen molar-refractivity contribution < 1.29 is 23.5 Å². The molecule has 184 valence electrons. The van der Waals surface area contributed by atoms with Crippen molar-refractivity contribution in [3.63, 3.8) is 0 Å². The smallest absolute Gasteiger partial charge is 0.343 e. The van der Waals surface area contributed by atoms with E-state index in [9.17, 15) is 14.0 Å². The Morgan fingerprint density at radius 1 is 1.16 bits per heavy atom. The van der Waals surface area contributed by atoms with E-state index >= 15 is 0 Å². The lowest BCUT2D eigenvalue weighted by molar-refractivity contribution is -0.114. The summed E-state index contributed by atoms with van der Waals surface area (Å²) in [5.41, 5.74) is 1.50. The lowest BCUT2D eigenvalue weighted by Crippen LogP contribution is -2.35. The van der Waals surface area contributed by atoms with Crippen LogP contribution < -0.4 is 9.47 Å². The van der Waals surface area contributed by atoms with E-state index in [1.807, 2.05) is 6.07 Å². The molecular weight excluding hydrogens is 497 g/mol. The maximum atomic E-state index is 13.2. The number of nitrogens with zero attached hydrogens (tertiary/aromatic N) is 4. The first kappa shape index (κ1) is 24.1. The van der Waals surface area contributed by atoms with E-state index in [0.717, 1.165) is 5.56 Å². The molecule has 1 N–H and O–H groups in total. The summed E-state index contributed by atoms with van der Waals surface area (Å²) in [5.74, 6) is -1.41. The number of rotatable bonds is 6. The van der Waals surface area contributed by atoms with Gasteiger partial charge in [-0.3, -0.25) is 15.2 Å². The lowest BCUT2D eigenvalue weighted by atomic mass is 10.1. The highest BCUT2D eigenvalue weighted by Gasteiger charge is 2.36. The second kappa shape index (κ2) is 10.2. The minimum Gasteiger partial charge on any atom is -0.490 e. The molecule has 2 aromatic carbocycles. The molecule has 2 aliphatic heterocycles. The van der Waals surface area contributed by atoms with Crippen LogP contribution in [-0.2, 0) is 4.79 Å². The first-order valence-corrected chi connectivity index (χ1v) is 11.9. The molecule has 0 radical (unpaired) electrons. The molecule has 3 heterocycles. The van der Waals surface area contributed by atoms with Gasteiger partial charge in [0.05, 0.1) is 17.7 Å². The Morgan fingerprint density at radius 3 is 2.70 bits per heavy atom. The van der Waals surface area contributed by atoms with Crippen LogP contribution in [0.4, 0.5) is 4.39 Å². The number of carbonyl (C=O) groups is 2. The molecule has 37 heavy (non-hydrogen) atoms. The third-order valence-corrected chi connectivity index (χ3v) is 6.18. The number of nitrogens with one attached hydrogen (secondary N) is 1. The predicted octanol–water partition coefficient (Wildman–Crippen LogP) is 4.51. The van der Waals surface area contributed by atoms with Crippen LogP contribution in [0.15, 0.2) is 82.7 Å². The number of benzene rings is 2. The van der Waals surface area contributed by atoms with Gasteiger partial charge >= 0.3 is 5.97 Å². The molecule has 0 saturated carbocycles. The first-order valence-electron chi connectivity index (χ1n) is 11.1. The van der Waals surface area contributed by atoms with Gasteiger partial charge in [0.2, 0.25) is 5.17 Å². The number of halogens is 1. The number of amides is 1. The fourth-order valence-corrected chi connectivity index (χ4v) is 4.36. The van der Waals surface area contributed by atoms with Gasteiger partial charge in [-0.2, -0.15) is 15.1 Å². The average Bonchev–Trinajstić information content (AvgIpc) is 3.33. The summed E-state index contributed by atoms with van der Waals surface area (Å²) in [6, 6.07) is 13.3. The third kappa shape index (κ3) is 5.02. The fraction of sp³-hybridized carbons (Fsp3) is 0.0769. The van der Waals surface area contributed by atoms with Gasteiger partial charge in [-0.25, -0.2) is 9.18 Å². The van der Waals surface area contributed by atoms with Crippen LogP contribution in [0.1, 0.15) is 28.4 Å². The lowest BCUT2D eigenvalue weighted by Gasteiger charge is -2.20. The highest BCUT2D eigenvalue weighted by molar-refractivity contribution is 8.27. The number of fused-ring (bicyclic) bond motifs is 1. The number of esters is 1. The van der Waals surface area contributed by atoms with Gasteiger partial charge in [0.15, 0.2) is 17.3 Å². The van der Waals surface area contributed by atoms with Gasteiger partial charge in [0, 0.05) is 18.0 Å². The number of ether oxygens (including phenoxy) is 2. The highest BCUT2D eigenvalue weighted by Crippen LogP contribution is 2.33. The number of aliphatic imine (C=N–C) groups is 1. The molecular formula is C26H18FN5O4S. The van der Waals surface area contributed by atoms with E-state index in [1.54, 1.807) is 37.5 Å². The van der Waals surface area contributed by atoms with E-state index in [4.69, 9.17) is 14.9 Å². The Morgan fingerprint density at radius 2 is 1.97 bits per heavy atom. The number of carbonyl (C=O) groups excluding carboxylic acids is 2. The van der Waals surface area contributed by atoms with E-state index in [1.165, 1.54) is 53.2 Å². The van der Waals surface area contributed by atoms with Crippen LogP contribution >= 0.6 is 11.8 Å². The number of hydrogen-bond donors (Lipinski definition) is 1.